The molecule has 3 rings (SSSR count). The summed E-state index contributed by atoms with van der Waals surface area (Å²) >= 11 is 0. The van der Waals surface area contributed by atoms with Crippen LogP contribution in [0.15, 0.2) is 12.7 Å². The first-order valence-corrected chi connectivity index (χ1v) is 6.76. The van der Waals surface area contributed by atoms with Crippen LogP contribution in [0.4, 0.5) is 0 Å². The molecule has 2 saturated carbocycles. The smallest absolute Gasteiger partial charge is 0.344 e. The molecule has 0 aromatic rings. The summed E-state index contributed by atoms with van der Waals surface area (Å²) in [5, 5.41) is 0. The minimum Gasteiger partial charge on any atom is -0.462 e. The number of ether oxygens (including phenoxy) is 3. The van der Waals surface area contributed by atoms with Gasteiger partial charge >= 0.3 is 17.9 Å². The van der Waals surface area contributed by atoms with Crippen molar-refractivity contribution in [3.63, 3.8) is 0 Å². The van der Waals surface area contributed by atoms with Crippen LogP contribution in [0.5, 0.6) is 0 Å². The highest BCUT2D eigenvalue weighted by atomic mass is 16.6. The van der Waals surface area contributed by atoms with Crippen LogP contribution in [0.3, 0.4) is 0 Å². The lowest BCUT2D eigenvalue weighted by Crippen LogP contribution is -2.35. The van der Waals surface area contributed by atoms with Crippen LogP contribution < -0.4 is 0 Å². The molecule has 1 aliphatic heterocycles. The van der Waals surface area contributed by atoms with Crippen LogP contribution in [0.1, 0.15) is 19.3 Å². The van der Waals surface area contributed by atoms with Crippen LogP contribution >= 0.6 is 0 Å². The molecule has 108 valence electrons. The lowest BCUT2D eigenvalue weighted by Gasteiger charge is -2.29. The van der Waals surface area contributed by atoms with Gasteiger partial charge in [-0.2, -0.15) is 0 Å². The first-order valence-electron chi connectivity index (χ1n) is 6.76. The molecule has 0 spiro atoms. The Labute approximate surface area is 116 Å². The maximum Gasteiger partial charge on any atom is 0.344 e. The third kappa shape index (κ3) is 2.19. The Bertz CT molecular complexity index is 470. The maximum absolute atomic E-state index is 11.6. The normalized spacial score (nSPS) is 37.2. The predicted octanol–water partition coefficient (Wildman–Crippen LogP) is 0.599. The van der Waals surface area contributed by atoms with Crippen LogP contribution in [0, 0.1) is 17.8 Å². The van der Waals surface area contributed by atoms with E-state index < -0.39 is 18.5 Å². The summed E-state index contributed by atoms with van der Waals surface area (Å²) in [5.41, 5.74) is 0. The van der Waals surface area contributed by atoms with E-state index in [0.717, 1.165) is 18.9 Å². The van der Waals surface area contributed by atoms with Gasteiger partial charge in [0.15, 0.2) is 6.61 Å². The molecule has 0 N–H and O–H groups in total. The Hall–Kier alpha value is -1.85. The number of hydrogen-bond donors (Lipinski definition) is 0. The summed E-state index contributed by atoms with van der Waals surface area (Å²) in [4.78, 5) is 33.8. The van der Waals surface area contributed by atoms with E-state index in [0.29, 0.717) is 12.3 Å². The molecule has 3 aliphatic rings. The lowest BCUT2D eigenvalue weighted by molar-refractivity contribution is -0.163. The van der Waals surface area contributed by atoms with Crippen molar-refractivity contribution in [3.05, 3.63) is 12.7 Å². The molecule has 0 amide bonds. The highest BCUT2D eigenvalue weighted by molar-refractivity contribution is 5.83. The fourth-order valence-electron chi connectivity index (χ4n) is 3.75. The molecule has 2 bridgehead atoms. The van der Waals surface area contributed by atoms with Crippen LogP contribution in [0.2, 0.25) is 0 Å². The average Bonchev–Trinajstić information content (AvgIpc) is 3.06. The highest BCUT2D eigenvalue weighted by Crippen LogP contribution is 2.54. The Morgan fingerprint density at radius 2 is 2.15 bits per heavy atom. The van der Waals surface area contributed by atoms with Gasteiger partial charge in [0.25, 0.3) is 0 Å². The maximum atomic E-state index is 11.6. The SMILES string of the molecule is C=CC(=O)OCC(=O)OC1CC2CC1C1CC(=O)OC21. The molecular weight excluding hydrogens is 264 g/mol. The Balaban J connectivity index is 1.53. The van der Waals surface area contributed by atoms with Crippen molar-refractivity contribution in [1.29, 1.82) is 0 Å². The Morgan fingerprint density at radius 1 is 1.35 bits per heavy atom. The summed E-state index contributed by atoms with van der Waals surface area (Å²) < 4.78 is 15.3. The molecule has 0 radical (unpaired) electrons. The van der Waals surface area contributed by atoms with Crippen LogP contribution in [0.25, 0.3) is 0 Å². The topological polar surface area (TPSA) is 78.9 Å². The number of esters is 3. The van der Waals surface area contributed by atoms with Crippen LogP contribution in [-0.4, -0.2) is 36.7 Å². The first kappa shape index (κ1) is 13.1. The lowest BCUT2D eigenvalue weighted by atomic mass is 9.84. The van der Waals surface area contributed by atoms with E-state index in [9.17, 15) is 14.4 Å². The zero-order valence-electron chi connectivity index (χ0n) is 10.9. The number of hydrogen-bond acceptors (Lipinski definition) is 6. The van der Waals surface area contributed by atoms with E-state index in [2.05, 4.69) is 11.3 Å². The van der Waals surface area contributed by atoms with Crippen molar-refractivity contribution in [2.75, 3.05) is 6.61 Å². The van der Waals surface area contributed by atoms with E-state index in [-0.39, 0.29) is 30.0 Å². The van der Waals surface area contributed by atoms with Crippen molar-refractivity contribution >= 4 is 17.9 Å². The van der Waals surface area contributed by atoms with E-state index >= 15 is 0 Å². The third-order valence-corrected chi connectivity index (χ3v) is 4.48. The fraction of sp³-hybridized carbons (Fsp3) is 0.643. The van der Waals surface area contributed by atoms with Gasteiger partial charge in [-0.25, -0.2) is 9.59 Å². The second-order valence-electron chi connectivity index (χ2n) is 5.56. The fourth-order valence-corrected chi connectivity index (χ4v) is 3.75. The summed E-state index contributed by atoms with van der Waals surface area (Å²) in [6, 6.07) is 0. The molecule has 6 heteroatoms. The van der Waals surface area contributed by atoms with Crippen molar-refractivity contribution < 1.29 is 28.6 Å². The third-order valence-electron chi connectivity index (χ3n) is 4.48. The molecule has 20 heavy (non-hydrogen) atoms. The molecule has 1 heterocycles. The largest absolute Gasteiger partial charge is 0.462 e. The van der Waals surface area contributed by atoms with Crippen molar-refractivity contribution in [1.82, 2.24) is 0 Å². The number of carbonyl (C=O) groups excluding carboxylic acids is 3. The molecular formula is C14H16O6. The summed E-state index contributed by atoms with van der Waals surface area (Å²) in [6.07, 6.45) is 2.90. The van der Waals surface area contributed by atoms with Crippen molar-refractivity contribution in [2.24, 2.45) is 17.8 Å². The molecule has 1 saturated heterocycles. The van der Waals surface area contributed by atoms with Crippen molar-refractivity contribution in [2.45, 2.75) is 31.5 Å². The molecule has 5 atom stereocenters. The minimum absolute atomic E-state index is 0.0149. The van der Waals surface area contributed by atoms with Gasteiger partial charge in [0.2, 0.25) is 0 Å². The van der Waals surface area contributed by atoms with Gasteiger partial charge in [0.1, 0.15) is 12.2 Å². The summed E-state index contributed by atoms with van der Waals surface area (Å²) in [7, 11) is 0. The highest BCUT2D eigenvalue weighted by Gasteiger charge is 2.59. The van der Waals surface area contributed by atoms with Gasteiger partial charge < -0.3 is 14.2 Å². The van der Waals surface area contributed by atoms with Gasteiger partial charge in [0.05, 0.1) is 6.42 Å². The zero-order valence-corrected chi connectivity index (χ0v) is 10.9. The van der Waals surface area contributed by atoms with Crippen molar-refractivity contribution in [3.8, 4) is 0 Å². The van der Waals surface area contributed by atoms with Gasteiger partial charge in [0, 0.05) is 23.8 Å². The number of carbonyl (C=O) groups is 3. The minimum atomic E-state index is -0.648. The standard InChI is InChI=1S/C14H16O6/c1-2-11(15)18-6-13(17)19-10-4-7-3-8(10)9-5-12(16)20-14(7)9/h2,7-10,14H,1,3-6H2. The first-order chi connectivity index (χ1) is 9.58. The molecule has 2 aliphatic carbocycles. The quantitative estimate of drug-likeness (QED) is 0.426. The predicted molar refractivity (Wildman–Crippen MR) is 65.2 cm³/mol. The van der Waals surface area contributed by atoms with Gasteiger partial charge in [-0.1, -0.05) is 6.58 Å². The van der Waals surface area contributed by atoms with Gasteiger partial charge in [-0.05, 0) is 12.8 Å². The second-order valence-corrected chi connectivity index (χ2v) is 5.56. The van der Waals surface area contributed by atoms with E-state index in [1.54, 1.807) is 0 Å². The molecule has 3 fully saturated rings. The number of fused-ring (bicyclic) bond motifs is 5. The molecule has 6 nitrogen and oxygen atoms in total. The molecule has 0 aromatic heterocycles. The number of rotatable bonds is 4. The summed E-state index contributed by atoms with van der Waals surface area (Å²) in [6.45, 7) is 2.84. The molecule has 0 aromatic carbocycles. The Kier molecular flexibility index (Phi) is 3.23. The Morgan fingerprint density at radius 3 is 2.90 bits per heavy atom. The van der Waals surface area contributed by atoms with Gasteiger partial charge in [-0.3, -0.25) is 4.79 Å². The van der Waals surface area contributed by atoms with E-state index in [4.69, 9.17) is 9.47 Å². The molecule has 5 unspecified atom stereocenters. The zero-order chi connectivity index (χ0) is 14.3. The second kappa shape index (κ2) is 4.92. The average molecular weight is 280 g/mol. The van der Waals surface area contributed by atoms with Gasteiger partial charge in [-0.15, -0.1) is 0 Å². The van der Waals surface area contributed by atoms with E-state index in [1.807, 2.05) is 0 Å². The van der Waals surface area contributed by atoms with E-state index in [1.165, 1.54) is 0 Å². The van der Waals surface area contributed by atoms with Crippen LogP contribution in [-0.2, 0) is 28.6 Å². The summed E-state index contributed by atoms with van der Waals surface area (Å²) in [5.74, 6) is -0.693. The monoisotopic (exact) mass is 280 g/mol.